The normalized spacial score (nSPS) is 21.5. The first kappa shape index (κ1) is 37.0. The highest BCUT2D eigenvalue weighted by molar-refractivity contribution is 6.99. The number of methoxy groups -OCH3 is 1. The Bertz CT molecular complexity index is 1680. The van der Waals surface area contributed by atoms with E-state index in [4.69, 9.17) is 32.8 Å². The van der Waals surface area contributed by atoms with Gasteiger partial charge in [0.2, 0.25) is 5.89 Å². The summed E-state index contributed by atoms with van der Waals surface area (Å²) < 4.78 is 37.4. The van der Waals surface area contributed by atoms with Gasteiger partial charge in [0.15, 0.2) is 0 Å². The molecular formula is C43H53NO6Si. The summed E-state index contributed by atoms with van der Waals surface area (Å²) in [6.45, 7) is 17.1. The minimum atomic E-state index is -2.61. The molecule has 0 radical (unpaired) electrons. The summed E-state index contributed by atoms with van der Waals surface area (Å²) in [6.07, 6.45) is 6.33. The number of ether oxygens (including phenoxy) is 4. The fraction of sp³-hybridized carbons (Fsp3) is 0.419. The predicted octanol–water partition coefficient (Wildman–Crippen LogP) is 8.64. The van der Waals surface area contributed by atoms with Gasteiger partial charge in [-0.15, -0.1) is 0 Å². The summed E-state index contributed by atoms with van der Waals surface area (Å²) in [6, 6.07) is 29.4. The number of nitrogens with zero attached hydrogens (tertiary/aromatic N) is 1. The Labute approximate surface area is 304 Å². The van der Waals surface area contributed by atoms with Gasteiger partial charge in [-0.3, -0.25) is 0 Å². The predicted molar refractivity (Wildman–Crippen MR) is 204 cm³/mol. The Kier molecular flexibility index (Phi) is 12.1. The molecule has 0 bridgehead atoms. The fourth-order valence-corrected chi connectivity index (χ4v) is 12.2. The Hall–Kier alpha value is -3.79. The van der Waals surface area contributed by atoms with Crippen molar-refractivity contribution in [2.75, 3.05) is 13.7 Å². The minimum absolute atomic E-state index is 0.0207. The zero-order valence-corrected chi connectivity index (χ0v) is 31.6. The van der Waals surface area contributed by atoms with Crippen LogP contribution in [-0.2, 0) is 31.9 Å². The van der Waals surface area contributed by atoms with Gasteiger partial charge < -0.3 is 27.8 Å². The highest BCUT2D eigenvalue weighted by Gasteiger charge is 2.50. The van der Waals surface area contributed by atoms with Gasteiger partial charge >= 0.3 is 0 Å². The Balaban J connectivity index is 1.04. The molecular weight excluding hydrogens is 655 g/mol. The number of hydrogen-bond donors (Lipinski definition) is 0. The highest BCUT2D eigenvalue weighted by atomic mass is 28.4. The van der Waals surface area contributed by atoms with Crippen LogP contribution >= 0.6 is 0 Å². The SMILES string of the molecule is C=C1C[C@H](C[C@H]2CC(=C)C[C@H](c3coc(COCc4ccc(OC)cc4)n3)O2)O[C@@H](CCO[Si](c2ccccc2)(c2ccccc2)C(C)(C)C)C1. The van der Waals surface area contributed by atoms with Crippen molar-refractivity contribution in [2.24, 2.45) is 0 Å². The van der Waals surface area contributed by atoms with Crippen molar-refractivity contribution in [3.8, 4) is 5.75 Å². The molecule has 8 heteroatoms. The third-order valence-electron chi connectivity index (χ3n) is 10.0. The van der Waals surface area contributed by atoms with Crippen molar-refractivity contribution in [3.05, 3.63) is 133 Å². The smallest absolute Gasteiger partial charge is 0.261 e. The molecule has 4 atom stereocenters. The van der Waals surface area contributed by atoms with Crippen LogP contribution in [0.2, 0.25) is 5.04 Å². The van der Waals surface area contributed by atoms with E-state index in [9.17, 15) is 0 Å². The van der Waals surface area contributed by atoms with Crippen LogP contribution in [0.4, 0.5) is 0 Å². The van der Waals surface area contributed by atoms with Gasteiger partial charge in [0.05, 0.1) is 32.0 Å². The number of benzene rings is 3. The van der Waals surface area contributed by atoms with E-state index in [1.165, 1.54) is 15.9 Å². The molecule has 2 aliphatic rings. The number of aromatic nitrogens is 1. The number of oxazole rings is 1. The molecule has 0 spiro atoms. The van der Waals surface area contributed by atoms with Crippen LogP contribution in [0.25, 0.3) is 0 Å². The van der Waals surface area contributed by atoms with Gasteiger partial charge in [-0.25, -0.2) is 4.98 Å². The molecule has 4 aromatic rings. The van der Waals surface area contributed by atoms with Crippen molar-refractivity contribution >= 4 is 18.7 Å². The third-order valence-corrected chi connectivity index (χ3v) is 15.1. The molecule has 1 aromatic heterocycles. The molecule has 0 aliphatic carbocycles. The van der Waals surface area contributed by atoms with Gasteiger partial charge in [0.1, 0.15) is 30.4 Å². The van der Waals surface area contributed by atoms with Crippen molar-refractivity contribution in [1.29, 1.82) is 0 Å². The van der Waals surface area contributed by atoms with E-state index >= 15 is 0 Å². The molecule has 0 N–H and O–H groups in total. The average molecular weight is 708 g/mol. The Morgan fingerprint density at radius 1 is 0.765 bits per heavy atom. The van der Waals surface area contributed by atoms with E-state index in [2.05, 4.69) is 94.6 Å². The molecule has 51 heavy (non-hydrogen) atoms. The first-order valence-electron chi connectivity index (χ1n) is 18.2. The van der Waals surface area contributed by atoms with Crippen LogP contribution in [0.15, 0.2) is 120 Å². The summed E-state index contributed by atoms with van der Waals surface area (Å²) in [5.41, 5.74) is 4.21. The topological polar surface area (TPSA) is 72.2 Å². The van der Waals surface area contributed by atoms with Gasteiger partial charge in [-0.2, -0.15) is 0 Å². The highest BCUT2D eigenvalue weighted by Crippen LogP contribution is 2.39. The largest absolute Gasteiger partial charge is 0.497 e. The second kappa shape index (κ2) is 16.7. The van der Waals surface area contributed by atoms with E-state index < -0.39 is 8.32 Å². The lowest BCUT2D eigenvalue weighted by atomic mass is 9.90. The van der Waals surface area contributed by atoms with E-state index in [-0.39, 0.29) is 36.1 Å². The maximum absolute atomic E-state index is 7.19. The molecule has 270 valence electrons. The van der Waals surface area contributed by atoms with Gasteiger partial charge in [0, 0.05) is 19.4 Å². The second-order valence-electron chi connectivity index (χ2n) is 15.0. The lowest BCUT2D eigenvalue weighted by Gasteiger charge is -2.43. The van der Waals surface area contributed by atoms with Gasteiger partial charge in [-0.05, 0) is 58.8 Å². The van der Waals surface area contributed by atoms with Crippen LogP contribution in [0.5, 0.6) is 5.75 Å². The Morgan fingerprint density at radius 2 is 1.37 bits per heavy atom. The molecule has 7 nitrogen and oxygen atoms in total. The third kappa shape index (κ3) is 9.17. The van der Waals surface area contributed by atoms with E-state index in [1.807, 2.05) is 24.3 Å². The van der Waals surface area contributed by atoms with Crippen LogP contribution in [0.1, 0.15) is 82.5 Å². The molecule has 2 saturated heterocycles. The van der Waals surface area contributed by atoms with Crippen molar-refractivity contribution in [3.63, 3.8) is 0 Å². The summed E-state index contributed by atoms with van der Waals surface area (Å²) in [4.78, 5) is 4.71. The quantitative estimate of drug-likeness (QED) is 0.0960. The number of rotatable bonds is 14. The second-order valence-corrected chi connectivity index (χ2v) is 19.3. The summed E-state index contributed by atoms with van der Waals surface area (Å²) in [7, 11) is -0.951. The zero-order chi connectivity index (χ0) is 35.8. The monoisotopic (exact) mass is 707 g/mol. The van der Waals surface area contributed by atoms with Crippen LogP contribution in [0, 0.1) is 0 Å². The summed E-state index contributed by atoms with van der Waals surface area (Å²) in [5, 5.41) is 2.52. The molecule has 2 aliphatic heterocycles. The standard InChI is InChI=1S/C43H53NO6Si/c1-31-23-35(21-22-48-51(43(3,4)5,38-13-9-7-10-14-38)39-15-11-8-12-16-39)49-36(24-31)27-37-25-32(2)26-41(50-37)40-29-47-42(44-40)30-46-28-33-17-19-34(45-6)20-18-33/h7-20,29,35-37,41H,1-2,21-28,30H2,3-6H3/t35-,36+,37+,41+/m0/s1. The van der Waals surface area contributed by atoms with Crippen LogP contribution < -0.4 is 15.1 Å². The molecule has 0 amide bonds. The maximum atomic E-state index is 7.19. The van der Waals surface area contributed by atoms with E-state index in [0.29, 0.717) is 19.1 Å². The molecule has 3 heterocycles. The van der Waals surface area contributed by atoms with Crippen LogP contribution in [-0.4, -0.2) is 45.3 Å². The fourth-order valence-electron chi connectivity index (χ4n) is 7.63. The van der Waals surface area contributed by atoms with Gasteiger partial charge in [-0.1, -0.05) is 118 Å². The summed E-state index contributed by atoms with van der Waals surface area (Å²) in [5.74, 6) is 1.35. The van der Waals surface area contributed by atoms with Crippen LogP contribution in [0.3, 0.4) is 0 Å². The lowest BCUT2D eigenvalue weighted by Crippen LogP contribution is -2.66. The number of hydrogen-bond acceptors (Lipinski definition) is 7. The van der Waals surface area contributed by atoms with Crippen molar-refractivity contribution in [2.45, 2.75) is 102 Å². The molecule has 3 aromatic carbocycles. The summed E-state index contributed by atoms with van der Waals surface area (Å²) >= 11 is 0. The van der Waals surface area contributed by atoms with Crippen molar-refractivity contribution < 1.29 is 27.8 Å². The first-order valence-corrected chi connectivity index (χ1v) is 20.1. The van der Waals surface area contributed by atoms with Gasteiger partial charge in [0.25, 0.3) is 8.32 Å². The molecule has 6 rings (SSSR count). The first-order chi connectivity index (χ1) is 24.6. The van der Waals surface area contributed by atoms with E-state index in [0.717, 1.165) is 61.1 Å². The van der Waals surface area contributed by atoms with E-state index in [1.54, 1.807) is 13.4 Å². The molecule has 0 unspecified atom stereocenters. The Morgan fingerprint density at radius 3 is 2.00 bits per heavy atom. The van der Waals surface area contributed by atoms with Crippen molar-refractivity contribution in [1.82, 2.24) is 4.98 Å². The zero-order valence-electron chi connectivity index (χ0n) is 30.6. The maximum Gasteiger partial charge on any atom is 0.261 e. The lowest BCUT2D eigenvalue weighted by molar-refractivity contribution is -0.0938. The molecule has 0 saturated carbocycles. The minimum Gasteiger partial charge on any atom is -0.497 e. The molecule has 2 fully saturated rings. The average Bonchev–Trinajstić information content (AvgIpc) is 3.59.